The van der Waals surface area contributed by atoms with Gasteiger partial charge in [0.05, 0.1) is 12.7 Å². The Hall–Kier alpha value is -2.88. The van der Waals surface area contributed by atoms with Crippen molar-refractivity contribution in [1.29, 1.82) is 0 Å². The summed E-state index contributed by atoms with van der Waals surface area (Å²) in [5, 5.41) is 2.24. The first-order valence-corrected chi connectivity index (χ1v) is 6.50. The minimum atomic E-state index is -0.496. The fraction of sp³-hybridized carbons (Fsp3) is 0.0588. The van der Waals surface area contributed by atoms with Gasteiger partial charge in [-0.25, -0.2) is 0 Å². The molecule has 3 rings (SSSR count). The number of imide groups is 1. The topological polar surface area (TPSA) is 55.4 Å². The third-order valence-corrected chi connectivity index (χ3v) is 3.37. The molecule has 1 aliphatic rings. The number of methoxy groups -OCH3 is 1. The van der Waals surface area contributed by atoms with Crippen LogP contribution in [-0.4, -0.2) is 18.9 Å². The Morgan fingerprint density at radius 3 is 1.95 bits per heavy atom. The minimum Gasteiger partial charge on any atom is -0.490 e. The SMILES string of the molecule is COC1=C(c2ccc(-c3ccccc3)cc2)C(=O)NC1=O. The van der Waals surface area contributed by atoms with Crippen LogP contribution in [0.25, 0.3) is 16.7 Å². The van der Waals surface area contributed by atoms with Crippen molar-refractivity contribution in [3.63, 3.8) is 0 Å². The lowest BCUT2D eigenvalue weighted by Gasteiger charge is -2.05. The second-order valence-electron chi connectivity index (χ2n) is 4.63. The molecule has 21 heavy (non-hydrogen) atoms. The number of amides is 2. The predicted molar refractivity (Wildman–Crippen MR) is 79.0 cm³/mol. The number of carbonyl (C=O) groups is 2. The Bertz CT molecular complexity index is 730. The van der Waals surface area contributed by atoms with Gasteiger partial charge in [0.15, 0.2) is 5.76 Å². The van der Waals surface area contributed by atoms with E-state index < -0.39 is 11.8 Å². The van der Waals surface area contributed by atoms with Gasteiger partial charge in [-0.1, -0.05) is 54.6 Å². The van der Waals surface area contributed by atoms with Gasteiger partial charge in [0.1, 0.15) is 0 Å². The second-order valence-corrected chi connectivity index (χ2v) is 4.63. The van der Waals surface area contributed by atoms with Crippen LogP contribution in [0.2, 0.25) is 0 Å². The number of hydrogen-bond acceptors (Lipinski definition) is 3. The van der Waals surface area contributed by atoms with Crippen molar-refractivity contribution in [3.8, 4) is 11.1 Å². The quantitative estimate of drug-likeness (QED) is 0.878. The lowest BCUT2D eigenvalue weighted by Crippen LogP contribution is -2.23. The Balaban J connectivity index is 2.00. The van der Waals surface area contributed by atoms with Crippen molar-refractivity contribution in [2.75, 3.05) is 7.11 Å². The summed E-state index contributed by atoms with van der Waals surface area (Å²) < 4.78 is 5.02. The van der Waals surface area contributed by atoms with E-state index in [1.807, 2.05) is 54.6 Å². The maximum absolute atomic E-state index is 11.8. The van der Waals surface area contributed by atoms with Crippen LogP contribution in [0.3, 0.4) is 0 Å². The maximum Gasteiger partial charge on any atom is 0.294 e. The smallest absolute Gasteiger partial charge is 0.294 e. The average Bonchev–Trinajstić information content (AvgIpc) is 2.82. The number of benzene rings is 2. The molecule has 0 unspecified atom stereocenters. The van der Waals surface area contributed by atoms with Crippen molar-refractivity contribution in [1.82, 2.24) is 5.32 Å². The minimum absolute atomic E-state index is 0.0625. The molecule has 4 nitrogen and oxygen atoms in total. The van der Waals surface area contributed by atoms with E-state index in [-0.39, 0.29) is 11.3 Å². The molecule has 0 saturated heterocycles. The standard InChI is InChI=1S/C17H13NO3/c1-21-15-14(16(19)18-17(15)20)13-9-7-12(8-10-13)11-5-3-2-4-6-11/h2-10H,1H3,(H,18,19,20). The van der Waals surface area contributed by atoms with Crippen molar-refractivity contribution < 1.29 is 14.3 Å². The van der Waals surface area contributed by atoms with Gasteiger partial charge in [0, 0.05) is 0 Å². The Morgan fingerprint density at radius 1 is 0.762 bits per heavy atom. The van der Waals surface area contributed by atoms with E-state index in [4.69, 9.17) is 4.74 Å². The van der Waals surface area contributed by atoms with Crippen LogP contribution in [0, 0.1) is 0 Å². The molecule has 0 spiro atoms. The maximum atomic E-state index is 11.8. The van der Waals surface area contributed by atoms with Crippen molar-refractivity contribution in [3.05, 3.63) is 65.9 Å². The van der Waals surface area contributed by atoms with Crippen LogP contribution in [0.5, 0.6) is 0 Å². The van der Waals surface area contributed by atoms with Crippen molar-refractivity contribution in [2.45, 2.75) is 0 Å². The second kappa shape index (κ2) is 5.25. The zero-order valence-electron chi connectivity index (χ0n) is 11.4. The van der Waals surface area contributed by atoms with Gasteiger partial charge in [0.2, 0.25) is 0 Å². The Kier molecular flexibility index (Phi) is 3.28. The van der Waals surface area contributed by atoms with E-state index in [2.05, 4.69) is 5.32 Å². The fourth-order valence-electron chi connectivity index (χ4n) is 2.36. The molecule has 1 heterocycles. The van der Waals surface area contributed by atoms with Crippen LogP contribution < -0.4 is 5.32 Å². The van der Waals surface area contributed by atoms with E-state index >= 15 is 0 Å². The number of hydrogen-bond donors (Lipinski definition) is 1. The van der Waals surface area contributed by atoms with E-state index in [9.17, 15) is 9.59 Å². The van der Waals surface area contributed by atoms with E-state index in [1.54, 1.807) is 0 Å². The van der Waals surface area contributed by atoms with E-state index in [0.717, 1.165) is 11.1 Å². The number of ether oxygens (including phenoxy) is 1. The van der Waals surface area contributed by atoms with Gasteiger partial charge in [-0.05, 0) is 16.7 Å². The summed E-state index contributed by atoms with van der Waals surface area (Å²) in [6.07, 6.45) is 0. The zero-order chi connectivity index (χ0) is 14.8. The molecule has 0 aliphatic carbocycles. The summed E-state index contributed by atoms with van der Waals surface area (Å²) in [7, 11) is 1.38. The summed E-state index contributed by atoms with van der Waals surface area (Å²) in [6.45, 7) is 0. The van der Waals surface area contributed by atoms with Gasteiger partial charge in [-0.15, -0.1) is 0 Å². The highest BCUT2D eigenvalue weighted by Crippen LogP contribution is 2.27. The summed E-state index contributed by atoms with van der Waals surface area (Å²) in [5.74, 6) is -0.860. The van der Waals surface area contributed by atoms with Crippen molar-refractivity contribution >= 4 is 17.4 Å². The van der Waals surface area contributed by atoms with E-state index in [1.165, 1.54) is 7.11 Å². The lowest BCUT2D eigenvalue weighted by molar-refractivity contribution is -0.124. The first-order chi connectivity index (χ1) is 10.2. The first-order valence-electron chi connectivity index (χ1n) is 6.50. The molecule has 1 N–H and O–H groups in total. The predicted octanol–water partition coefficient (Wildman–Crippen LogP) is 2.37. The molecule has 0 aromatic heterocycles. The lowest BCUT2D eigenvalue weighted by atomic mass is 10.00. The molecule has 0 atom stereocenters. The molecule has 0 fully saturated rings. The normalized spacial score (nSPS) is 14.3. The summed E-state index contributed by atoms with van der Waals surface area (Å²) in [5.41, 5.74) is 3.08. The average molecular weight is 279 g/mol. The molecule has 0 bridgehead atoms. The monoisotopic (exact) mass is 279 g/mol. The molecule has 0 radical (unpaired) electrons. The molecule has 2 aromatic carbocycles. The molecule has 1 aliphatic heterocycles. The highest BCUT2D eigenvalue weighted by atomic mass is 16.5. The zero-order valence-corrected chi connectivity index (χ0v) is 11.4. The molecular formula is C17H13NO3. The van der Waals surface area contributed by atoms with Crippen LogP contribution in [0.1, 0.15) is 5.56 Å². The molecular weight excluding hydrogens is 266 g/mol. The number of rotatable bonds is 3. The summed E-state index contributed by atoms with van der Waals surface area (Å²) in [4.78, 5) is 23.4. The Labute approximate surface area is 122 Å². The van der Waals surface area contributed by atoms with Gasteiger partial charge in [0.25, 0.3) is 11.8 Å². The summed E-state index contributed by atoms with van der Waals surface area (Å²) in [6, 6.07) is 17.4. The van der Waals surface area contributed by atoms with Crippen molar-refractivity contribution in [2.24, 2.45) is 0 Å². The molecule has 4 heteroatoms. The van der Waals surface area contributed by atoms with Crippen LogP contribution in [0.4, 0.5) is 0 Å². The third-order valence-electron chi connectivity index (χ3n) is 3.37. The van der Waals surface area contributed by atoms with Gasteiger partial charge < -0.3 is 4.74 Å². The summed E-state index contributed by atoms with van der Waals surface area (Å²) >= 11 is 0. The number of carbonyl (C=O) groups excluding carboxylic acids is 2. The van der Waals surface area contributed by atoms with Crippen LogP contribution in [-0.2, 0) is 14.3 Å². The molecule has 104 valence electrons. The molecule has 0 saturated carbocycles. The fourth-order valence-corrected chi connectivity index (χ4v) is 2.36. The van der Waals surface area contributed by atoms with E-state index in [0.29, 0.717) is 5.56 Å². The Morgan fingerprint density at radius 2 is 1.33 bits per heavy atom. The molecule has 2 amide bonds. The van der Waals surface area contributed by atoms with Gasteiger partial charge in [-0.2, -0.15) is 0 Å². The molecule has 2 aromatic rings. The number of nitrogens with one attached hydrogen (secondary N) is 1. The largest absolute Gasteiger partial charge is 0.490 e. The van der Waals surface area contributed by atoms with Crippen LogP contribution in [0.15, 0.2) is 60.4 Å². The first kappa shape index (κ1) is 13.1. The highest BCUT2D eigenvalue weighted by Gasteiger charge is 2.32. The highest BCUT2D eigenvalue weighted by molar-refractivity contribution is 6.35. The van der Waals surface area contributed by atoms with Crippen LogP contribution >= 0.6 is 0 Å². The van der Waals surface area contributed by atoms with Gasteiger partial charge >= 0.3 is 0 Å². The third kappa shape index (κ3) is 2.31. The van der Waals surface area contributed by atoms with Gasteiger partial charge in [-0.3, -0.25) is 14.9 Å².